The fourth-order valence-electron chi connectivity index (χ4n) is 2.42. The SMILES string of the molecule is Cc1cc(C(=O)N2CCN(CCC(=O)O)CC2)ccc1N. The van der Waals surface area contributed by atoms with Gasteiger partial charge in [-0.2, -0.15) is 0 Å². The lowest BCUT2D eigenvalue weighted by Crippen LogP contribution is -2.49. The summed E-state index contributed by atoms with van der Waals surface area (Å²) in [6.07, 6.45) is 0.144. The van der Waals surface area contributed by atoms with Crippen molar-refractivity contribution >= 4 is 17.6 Å². The first-order valence-electron chi connectivity index (χ1n) is 7.07. The molecule has 0 spiro atoms. The molecule has 21 heavy (non-hydrogen) atoms. The maximum atomic E-state index is 12.4. The molecule has 0 aliphatic carbocycles. The van der Waals surface area contributed by atoms with Crippen molar-refractivity contribution in [3.05, 3.63) is 29.3 Å². The van der Waals surface area contributed by atoms with Gasteiger partial charge >= 0.3 is 5.97 Å². The second-order valence-electron chi connectivity index (χ2n) is 5.35. The number of nitrogen functional groups attached to an aromatic ring is 1. The lowest BCUT2D eigenvalue weighted by Gasteiger charge is -2.34. The molecule has 1 aliphatic heterocycles. The van der Waals surface area contributed by atoms with Gasteiger partial charge in [-0.25, -0.2) is 0 Å². The minimum absolute atomic E-state index is 0.0102. The van der Waals surface area contributed by atoms with Gasteiger partial charge in [-0.05, 0) is 30.7 Å². The minimum Gasteiger partial charge on any atom is -0.481 e. The Morgan fingerprint density at radius 1 is 1.24 bits per heavy atom. The van der Waals surface area contributed by atoms with Gasteiger partial charge in [0.25, 0.3) is 5.91 Å². The topological polar surface area (TPSA) is 86.9 Å². The Morgan fingerprint density at radius 3 is 2.48 bits per heavy atom. The van der Waals surface area contributed by atoms with Crippen molar-refractivity contribution in [2.45, 2.75) is 13.3 Å². The molecule has 6 heteroatoms. The van der Waals surface area contributed by atoms with Gasteiger partial charge in [0.2, 0.25) is 0 Å². The van der Waals surface area contributed by atoms with Gasteiger partial charge < -0.3 is 15.7 Å². The highest BCUT2D eigenvalue weighted by Crippen LogP contribution is 2.15. The third kappa shape index (κ3) is 3.95. The van der Waals surface area contributed by atoms with E-state index in [1.54, 1.807) is 12.1 Å². The molecule has 0 radical (unpaired) electrons. The summed E-state index contributed by atoms with van der Waals surface area (Å²) in [5.41, 5.74) is 8.01. The number of nitrogens with two attached hydrogens (primary N) is 1. The lowest BCUT2D eigenvalue weighted by atomic mass is 10.1. The molecule has 1 amide bonds. The van der Waals surface area contributed by atoms with E-state index >= 15 is 0 Å². The lowest BCUT2D eigenvalue weighted by molar-refractivity contribution is -0.137. The highest BCUT2D eigenvalue weighted by Gasteiger charge is 2.22. The van der Waals surface area contributed by atoms with Gasteiger partial charge in [0.05, 0.1) is 6.42 Å². The molecule has 1 fully saturated rings. The van der Waals surface area contributed by atoms with Gasteiger partial charge in [-0.1, -0.05) is 0 Å². The predicted octanol–water partition coefficient (Wildman–Crippen LogP) is 0.810. The van der Waals surface area contributed by atoms with Crippen LogP contribution in [-0.4, -0.2) is 59.5 Å². The molecule has 1 aromatic rings. The number of amides is 1. The summed E-state index contributed by atoms with van der Waals surface area (Å²) in [7, 11) is 0. The van der Waals surface area contributed by atoms with Gasteiger partial charge in [-0.3, -0.25) is 14.5 Å². The van der Waals surface area contributed by atoms with E-state index in [2.05, 4.69) is 4.90 Å². The first-order chi connectivity index (χ1) is 9.97. The Labute approximate surface area is 124 Å². The summed E-state index contributed by atoms with van der Waals surface area (Å²) in [6, 6.07) is 5.32. The predicted molar refractivity (Wildman–Crippen MR) is 80.2 cm³/mol. The highest BCUT2D eigenvalue weighted by atomic mass is 16.4. The number of carboxylic acids is 1. The molecule has 0 aromatic heterocycles. The van der Waals surface area contributed by atoms with Crippen LogP contribution in [0.2, 0.25) is 0 Å². The average Bonchev–Trinajstić information content (AvgIpc) is 2.48. The number of anilines is 1. The molecule has 3 N–H and O–H groups in total. The van der Waals surface area contributed by atoms with E-state index in [0.29, 0.717) is 44.0 Å². The molecule has 2 rings (SSSR count). The molecule has 0 bridgehead atoms. The normalized spacial score (nSPS) is 16.0. The molecule has 1 heterocycles. The van der Waals surface area contributed by atoms with Gasteiger partial charge in [0.1, 0.15) is 0 Å². The fourth-order valence-corrected chi connectivity index (χ4v) is 2.42. The van der Waals surface area contributed by atoms with E-state index in [1.807, 2.05) is 17.9 Å². The van der Waals surface area contributed by atoms with Gasteiger partial charge in [-0.15, -0.1) is 0 Å². The van der Waals surface area contributed by atoms with Gasteiger partial charge in [0, 0.05) is 44.0 Å². The van der Waals surface area contributed by atoms with Crippen LogP contribution in [0.3, 0.4) is 0 Å². The summed E-state index contributed by atoms with van der Waals surface area (Å²) >= 11 is 0. The molecule has 0 saturated carbocycles. The molecule has 0 atom stereocenters. The molecular weight excluding hydrogens is 270 g/mol. The van der Waals surface area contributed by atoms with Crippen LogP contribution in [0.1, 0.15) is 22.3 Å². The molecule has 6 nitrogen and oxygen atoms in total. The number of carbonyl (C=O) groups excluding carboxylic acids is 1. The zero-order valence-corrected chi connectivity index (χ0v) is 12.2. The largest absolute Gasteiger partial charge is 0.481 e. The van der Waals surface area contributed by atoms with E-state index in [9.17, 15) is 9.59 Å². The average molecular weight is 291 g/mol. The number of rotatable bonds is 4. The Hall–Kier alpha value is -2.08. The van der Waals surface area contributed by atoms with E-state index in [4.69, 9.17) is 10.8 Å². The number of carbonyl (C=O) groups is 2. The number of benzene rings is 1. The number of hydrogen-bond acceptors (Lipinski definition) is 4. The molecule has 0 unspecified atom stereocenters. The van der Waals surface area contributed by atoms with Crippen molar-refractivity contribution < 1.29 is 14.7 Å². The van der Waals surface area contributed by atoms with Crippen LogP contribution in [0.5, 0.6) is 0 Å². The third-order valence-corrected chi connectivity index (χ3v) is 3.82. The smallest absolute Gasteiger partial charge is 0.304 e. The Bertz CT molecular complexity index is 537. The van der Waals surface area contributed by atoms with Crippen LogP contribution >= 0.6 is 0 Å². The van der Waals surface area contributed by atoms with Crippen molar-refractivity contribution in [3.63, 3.8) is 0 Å². The molecule has 114 valence electrons. The monoisotopic (exact) mass is 291 g/mol. The van der Waals surface area contributed by atoms with Crippen LogP contribution in [0, 0.1) is 6.92 Å². The Morgan fingerprint density at radius 2 is 1.90 bits per heavy atom. The third-order valence-electron chi connectivity index (χ3n) is 3.82. The maximum Gasteiger partial charge on any atom is 0.304 e. The van der Waals surface area contributed by atoms with Crippen LogP contribution in [-0.2, 0) is 4.79 Å². The van der Waals surface area contributed by atoms with Gasteiger partial charge in [0.15, 0.2) is 0 Å². The summed E-state index contributed by atoms with van der Waals surface area (Å²) in [5.74, 6) is -0.776. The maximum absolute atomic E-state index is 12.4. The van der Waals surface area contributed by atoms with Crippen LogP contribution in [0.25, 0.3) is 0 Å². The number of carboxylic acid groups (broad SMARTS) is 1. The second kappa shape index (κ2) is 6.58. The zero-order chi connectivity index (χ0) is 15.4. The number of aliphatic carboxylic acids is 1. The Balaban J connectivity index is 1.90. The van der Waals surface area contributed by atoms with Crippen molar-refractivity contribution in [1.82, 2.24) is 9.80 Å². The van der Waals surface area contributed by atoms with E-state index < -0.39 is 5.97 Å². The van der Waals surface area contributed by atoms with E-state index in [1.165, 1.54) is 0 Å². The second-order valence-corrected chi connectivity index (χ2v) is 5.35. The number of hydrogen-bond donors (Lipinski definition) is 2. The van der Waals surface area contributed by atoms with Crippen molar-refractivity contribution in [3.8, 4) is 0 Å². The molecule has 1 saturated heterocycles. The van der Waals surface area contributed by atoms with Crippen LogP contribution in [0.4, 0.5) is 5.69 Å². The quantitative estimate of drug-likeness (QED) is 0.802. The molecule has 1 aromatic carbocycles. The standard InChI is InChI=1S/C15H21N3O3/c1-11-10-12(2-3-13(11)16)15(21)18-8-6-17(7-9-18)5-4-14(19)20/h2-3,10H,4-9,16H2,1H3,(H,19,20). The molecular formula is C15H21N3O3. The summed E-state index contributed by atoms with van der Waals surface area (Å²) in [6.45, 7) is 5.11. The van der Waals surface area contributed by atoms with E-state index in [0.717, 1.165) is 5.56 Å². The first kappa shape index (κ1) is 15.3. The number of nitrogens with zero attached hydrogens (tertiary/aromatic N) is 2. The van der Waals surface area contributed by atoms with Crippen molar-refractivity contribution in [1.29, 1.82) is 0 Å². The van der Waals surface area contributed by atoms with Crippen molar-refractivity contribution in [2.75, 3.05) is 38.5 Å². The summed E-state index contributed by atoms with van der Waals surface area (Å²) in [5, 5.41) is 8.68. The minimum atomic E-state index is -0.786. The van der Waals surface area contributed by atoms with Crippen LogP contribution in [0.15, 0.2) is 18.2 Å². The summed E-state index contributed by atoms with van der Waals surface area (Å²) < 4.78 is 0. The number of piperazine rings is 1. The highest BCUT2D eigenvalue weighted by molar-refractivity contribution is 5.95. The zero-order valence-electron chi connectivity index (χ0n) is 12.2. The summed E-state index contributed by atoms with van der Waals surface area (Å²) in [4.78, 5) is 26.8. The Kier molecular flexibility index (Phi) is 4.80. The fraction of sp³-hybridized carbons (Fsp3) is 0.467. The van der Waals surface area contributed by atoms with Crippen molar-refractivity contribution in [2.24, 2.45) is 0 Å². The van der Waals surface area contributed by atoms with E-state index in [-0.39, 0.29) is 12.3 Å². The molecule has 1 aliphatic rings. The number of aryl methyl sites for hydroxylation is 1. The first-order valence-corrected chi connectivity index (χ1v) is 7.07. The van der Waals surface area contributed by atoms with Crippen LogP contribution < -0.4 is 5.73 Å².